The smallest absolute Gasteiger partial charge is 0.226 e. The van der Waals surface area contributed by atoms with Crippen molar-refractivity contribution in [1.29, 1.82) is 0 Å². The zero-order valence-electron chi connectivity index (χ0n) is 9.16. The Morgan fingerprint density at radius 1 is 1.56 bits per heavy atom. The Morgan fingerprint density at radius 2 is 2.31 bits per heavy atom. The Kier molecular flexibility index (Phi) is 3.46. The third kappa shape index (κ3) is 2.54. The average Bonchev–Trinajstić information content (AvgIpc) is 2.14. The maximum Gasteiger partial charge on any atom is 0.226 e. The van der Waals surface area contributed by atoms with Crippen LogP contribution in [0.15, 0.2) is 24.3 Å². The van der Waals surface area contributed by atoms with Crippen LogP contribution in [0.2, 0.25) is 5.02 Å². The molecule has 16 heavy (non-hydrogen) atoms. The van der Waals surface area contributed by atoms with E-state index in [1.807, 2.05) is 31.2 Å². The fourth-order valence-electron chi connectivity index (χ4n) is 1.66. The molecule has 0 radical (unpaired) electrons. The van der Waals surface area contributed by atoms with Crippen molar-refractivity contribution in [3.63, 3.8) is 0 Å². The molecular weight excluding hydrogens is 224 g/mol. The Labute approximate surface area is 100 Å². The maximum atomic E-state index is 11.7. The van der Waals surface area contributed by atoms with E-state index >= 15 is 0 Å². The third-order valence-electron chi connectivity index (χ3n) is 2.86. The number of halogens is 1. The van der Waals surface area contributed by atoms with Gasteiger partial charge in [0.1, 0.15) is 0 Å². The highest BCUT2D eigenvalue weighted by Gasteiger charge is 2.25. The number of nitrogens with one attached hydrogen (secondary N) is 2. The molecule has 1 atom stereocenters. The monoisotopic (exact) mass is 238 g/mol. The SMILES string of the molecule is C[C@@H](NC(=O)C1CNC1)c1cccc(Cl)c1. The van der Waals surface area contributed by atoms with E-state index in [0.717, 1.165) is 18.7 Å². The zero-order valence-corrected chi connectivity index (χ0v) is 9.92. The molecule has 0 bridgehead atoms. The number of amides is 1. The molecule has 1 aliphatic rings. The normalized spacial score (nSPS) is 17.6. The van der Waals surface area contributed by atoms with Gasteiger partial charge in [-0.05, 0) is 24.6 Å². The molecule has 0 spiro atoms. The van der Waals surface area contributed by atoms with Crippen molar-refractivity contribution in [3.05, 3.63) is 34.9 Å². The Balaban J connectivity index is 1.96. The molecule has 1 aromatic rings. The van der Waals surface area contributed by atoms with Gasteiger partial charge >= 0.3 is 0 Å². The highest BCUT2D eigenvalue weighted by molar-refractivity contribution is 6.30. The summed E-state index contributed by atoms with van der Waals surface area (Å²) in [5.41, 5.74) is 1.04. The van der Waals surface area contributed by atoms with Gasteiger partial charge in [0, 0.05) is 18.1 Å². The number of carbonyl (C=O) groups excluding carboxylic acids is 1. The molecule has 1 amide bonds. The van der Waals surface area contributed by atoms with Crippen LogP contribution < -0.4 is 10.6 Å². The molecule has 1 fully saturated rings. The van der Waals surface area contributed by atoms with Gasteiger partial charge in [0.25, 0.3) is 0 Å². The summed E-state index contributed by atoms with van der Waals surface area (Å²) in [6.45, 7) is 3.54. The van der Waals surface area contributed by atoms with E-state index in [-0.39, 0.29) is 17.9 Å². The molecule has 4 heteroatoms. The predicted molar refractivity (Wildman–Crippen MR) is 64.4 cm³/mol. The van der Waals surface area contributed by atoms with E-state index in [1.165, 1.54) is 0 Å². The second-order valence-corrected chi connectivity index (χ2v) is 4.58. The number of hydrogen-bond donors (Lipinski definition) is 2. The Bertz CT molecular complexity index is 390. The van der Waals surface area contributed by atoms with Crippen molar-refractivity contribution in [2.75, 3.05) is 13.1 Å². The molecule has 2 N–H and O–H groups in total. The molecule has 3 nitrogen and oxygen atoms in total. The quantitative estimate of drug-likeness (QED) is 0.842. The average molecular weight is 239 g/mol. The first-order valence-corrected chi connectivity index (χ1v) is 5.81. The van der Waals surface area contributed by atoms with Crippen molar-refractivity contribution in [2.24, 2.45) is 5.92 Å². The lowest BCUT2D eigenvalue weighted by molar-refractivity contribution is -0.127. The first-order valence-electron chi connectivity index (χ1n) is 5.43. The zero-order chi connectivity index (χ0) is 11.5. The van der Waals surface area contributed by atoms with Crippen LogP contribution in [0.5, 0.6) is 0 Å². The van der Waals surface area contributed by atoms with Gasteiger partial charge in [-0.15, -0.1) is 0 Å². The topological polar surface area (TPSA) is 41.1 Å². The van der Waals surface area contributed by atoms with Crippen LogP contribution in [0.1, 0.15) is 18.5 Å². The fourth-order valence-corrected chi connectivity index (χ4v) is 1.86. The summed E-state index contributed by atoms with van der Waals surface area (Å²) in [5, 5.41) is 6.77. The number of carbonyl (C=O) groups is 1. The van der Waals surface area contributed by atoms with Crippen molar-refractivity contribution < 1.29 is 4.79 Å². The number of hydrogen-bond acceptors (Lipinski definition) is 2. The van der Waals surface area contributed by atoms with Crippen LogP contribution in [-0.2, 0) is 4.79 Å². The minimum atomic E-state index is 0.00630. The summed E-state index contributed by atoms with van der Waals surface area (Å²) in [7, 11) is 0. The summed E-state index contributed by atoms with van der Waals surface area (Å²) >= 11 is 5.90. The van der Waals surface area contributed by atoms with Crippen LogP contribution >= 0.6 is 11.6 Å². The van der Waals surface area contributed by atoms with E-state index in [1.54, 1.807) is 0 Å². The number of rotatable bonds is 3. The molecular formula is C12H15ClN2O. The summed E-state index contributed by atoms with van der Waals surface area (Å²) in [4.78, 5) is 11.7. The van der Waals surface area contributed by atoms with Crippen LogP contribution in [0.25, 0.3) is 0 Å². The maximum absolute atomic E-state index is 11.7. The molecule has 0 aromatic heterocycles. The highest BCUT2D eigenvalue weighted by atomic mass is 35.5. The van der Waals surface area contributed by atoms with Crippen molar-refractivity contribution >= 4 is 17.5 Å². The highest BCUT2D eigenvalue weighted by Crippen LogP contribution is 2.18. The molecule has 86 valence electrons. The first kappa shape index (κ1) is 11.4. The second kappa shape index (κ2) is 4.85. The standard InChI is InChI=1S/C12H15ClN2O/c1-8(9-3-2-4-11(13)5-9)15-12(16)10-6-14-7-10/h2-5,8,10,14H,6-7H2,1H3,(H,15,16)/t8-/m1/s1. The minimum absolute atomic E-state index is 0.00630. The van der Waals surface area contributed by atoms with Gasteiger partial charge in [-0.25, -0.2) is 0 Å². The molecule has 1 saturated heterocycles. The summed E-state index contributed by atoms with van der Waals surface area (Å²) in [6.07, 6.45) is 0. The molecule has 2 rings (SSSR count). The van der Waals surface area contributed by atoms with Gasteiger partial charge in [-0.3, -0.25) is 4.79 Å². The summed E-state index contributed by atoms with van der Waals surface area (Å²) < 4.78 is 0. The van der Waals surface area contributed by atoms with Gasteiger partial charge in [0.15, 0.2) is 0 Å². The van der Waals surface area contributed by atoms with E-state index in [2.05, 4.69) is 10.6 Å². The van der Waals surface area contributed by atoms with Gasteiger partial charge in [-0.2, -0.15) is 0 Å². The van der Waals surface area contributed by atoms with E-state index in [4.69, 9.17) is 11.6 Å². The van der Waals surface area contributed by atoms with E-state index in [9.17, 15) is 4.79 Å². The molecule has 1 aromatic carbocycles. The Morgan fingerprint density at radius 3 is 2.88 bits per heavy atom. The third-order valence-corrected chi connectivity index (χ3v) is 3.09. The fraction of sp³-hybridized carbons (Fsp3) is 0.417. The van der Waals surface area contributed by atoms with Crippen LogP contribution in [0.4, 0.5) is 0 Å². The molecule has 1 heterocycles. The van der Waals surface area contributed by atoms with Crippen molar-refractivity contribution in [3.8, 4) is 0 Å². The van der Waals surface area contributed by atoms with Gasteiger partial charge < -0.3 is 10.6 Å². The predicted octanol–water partition coefficient (Wildman–Crippen LogP) is 1.74. The van der Waals surface area contributed by atoms with Crippen LogP contribution in [0, 0.1) is 5.92 Å². The van der Waals surface area contributed by atoms with Crippen molar-refractivity contribution in [1.82, 2.24) is 10.6 Å². The molecule has 0 unspecified atom stereocenters. The lowest BCUT2D eigenvalue weighted by atomic mass is 10.0. The van der Waals surface area contributed by atoms with E-state index < -0.39 is 0 Å². The Hall–Kier alpha value is -1.06. The summed E-state index contributed by atoms with van der Waals surface area (Å²) in [6, 6.07) is 7.58. The minimum Gasteiger partial charge on any atom is -0.349 e. The number of benzene rings is 1. The largest absolute Gasteiger partial charge is 0.349 e. The summed E-state index contributed by atoms with van der Waals surface area (Å²) in [5.74, 6) is 0.243. The van der Waals surface area contributed by atoms with Crippen molar-refractivity contribution in [2.45, 2.75) is 13.0 Å². The lowest BCUT2D eigenvalue weighted by Crippen LogP contribution is -2.51. The van der Waals surface area contributed by atoms with Gasteiger partial charge in [0.05, 0.1) is 12.0 Å². The van der Waals surface area contributed by atoms with Crippen LogP contribution in [-0.4, -0.2) is 19.0 Å². The van der Waals surface area contributed by atoms with Gasteiger partial charge in [-0.1, -0.05) is 23.7 Å². The second-order valence-electron chi connectivity index (χ2n) is 4.14. The first-order chi connectivity index (χ1) is 7.66. The molecule has 0 aliphatic carbocycles. The molecule has 0 saturated carbocycles. The van der Waals surface area contributed by atoms with Gasteiger partial charge in [0.2, 0.25) is 5.91 Å². The van der Waals surface area contributed by atoms with E-state index in [0.29, 0.717) is 5.02 Å². The van der Waals surface area contributed by atoms with Crippen LogP contribution in [0.3, 0.4) is 0 Å². The molecule has 1 aliphatic heterocycles. The lowest BCUT2D eigenvalue weighted by Gasteiger charge is -2.27.